The zero-order chi connectivity index (χ0) is 21.8. The van der Waals surface area contributed by atoms with E-state index in [1.165, 1.54) is 0 Å². The molecule has 0 atom stereocenters. The summed E-state index contributed by atoms with van der Waals surface area (Å²) in [6.07, 6.45) is 0. The van der Waals surface area contributed by atoms with Crippen molar-refractivity contribution in [2.45, 2.75) is 20.8 Å². The van der Waals surface area contributed by atoms with Gasteiger partial charge in [-0.15, -0.1) is 0 Å². The third-order valence-corrected chi connectivity index (χ3v) is 4.96. The summed E-state index contributed by atoms with van der Waals surface area (Å²) in [6.45, 7) is 8.09. The van der Waals surface area contributed by atoms with Gasteiger partial charge in [0.05, 0.1) is 0 Å². The zero-order valence-electron chi connectivity index (χ0n) is 17.8. The van der Waals surface area contributed by atoms with Crippen LogP contribution in [0.1, 0.15) is 29.9 Å². The molecule has 1 aromatic heterocycles. The number of amides is 1. The number of carbonyl (C=O) groups is 1. The van der Waals surface area contributed by atoms with Crippen LogP contribution < -0.4 is 25.0 Å². The summed E-state index contributed by atoms with van der Waals surface area (Å²) < 4.78 is 10.6. The van der Waals surface area contributed by atoms with Crippen molar-refractivity contribution in [2.75, 3.05) is 35.4 Å². The first-order valence-electron chi connectivity index (χ1n) is 10.2. The van der Waals surface area contributed by atoms with Crippen molar-refractivity contribution >= 4 is 29.0 Å². The van der Waals surface area contributed by atoms with Crippen LogP contribution in [-0.2, 0) is 0 Å². The van der Waals surface area contributed by atoms with Crippen molar-refractivity contribution < 1.29 is 14.3 Å². The number of rotatable bonds is 7. The minimum Gasteiger partial charge on any atom is -0.454 e. The maximum absolute atomic E-state index is 12.5. The first kappa shape index (κ1) is 20.5. The highest BCUT2D eigenvalue weighted by Gasteiger charge is 2.16. The van der Waals surface area contributed by atoms with E-state index in [0.717, 1.165) is 30.3 Å². The summed E-state index contributed by atoms with van der Waals surface area (Å²) in [4.78, 5) is 23.8. The van der Waals surface area contributed by atoms with Crippen molar-refractivity contribution in [2.24, 2.45) is 0 Å². The Kier molecular flexibility index (Phi) is 5.88. The number of carbonyl (C=O) groups excluding carboxylic acids is 1. The first-order valence-corrected chi connectivity index (χ1v) is 10.2. The van der Waals surface area contributed by atoms with Gasteiger partial charge in [-0.25, -0.2) is 4.98 Å². The van der Waals surface area contributed by atoms with Gasteiger partial charge >= 0.3 is 0 Å². The van der Waals surface area contributed by atoms with E-state index in [0.29, 0.717) is 28.7 Å². The molecule has 160 valence electrons. The largest absolute Gasteiger partial charge is 0.454 e. The van der Waals surface area contributed by atoms with Crippen molar-refractivity contribution in [3.63, 3.8) is 0 Å². The van der Waals surface area contributed by atoms with E-state index in [1.807, 2.05) is 37.3 Å². The number of hydrogen-bond acceptors (Lipinski definition) is 7. The molecule has 0 spiro atoms. The number of anilines is 4. The maximum atomic E-state index is 12.5. The molecule has 1 aliphatic heterocycles. The van der Waals surface area contributed by atoms with Gasteiger partial charge in [0.25, 0.3) is 5.91 Å². The lowest BCUT2D eigenvalue weighted by Crippen LogP contribution is -2.23. The average Bonchev–Trinajstić information content (AvgIpc) is 3.23. The highest BCUT2D eigenvalue weighted by atomic mass is 16.7. The molecule has 0 bridgehead atoms. The van der Waals surface area contributed by atoms with E-state index in [2.05, 4.69) is 39.3 Å². The van der Waals surface area contributed by atoms with Crippen LogP contribution in [0.2, 0.25) is 0 Å². The fraction of sp³-hybridized carbons (Fsp3) is 0.261. The Bertz CT molecular complexity index is 1080. The number of aromatic nitrogens is 2. The monoisotopic (exact) mass is 419 g/mol. The van der Waals surface area contributed by atoms with Crippen molar-refractivity contribution in [1.82, 2.24) is 9.97 Å². The van der Waals surface area contributed by atoms with E-state index >= 15 is 0 Å². The Morgan fingerprint density at radius 3 is 2.42 bits per heavy atom. The van der Waals surface area contributed by atoms with Gasteiger partial charge in [0.15, 0.2) is 11.5 Å². The highest BCUT2D eigenvalue weighted by Crippen LogP contribution is 2.32. The molecule has 0 aliphatic carbocycles. The number of benzene rings is 2. The minimum absolute atomic E-state index is 0.177. The Balaban J connectivity index is 1.43. The molecule has 2 N–H and O–H groups in total. The molecule has 8 heteroatoms. The smallest absolute Gasteiger partial charge is 0.255 e. The number of aryl methyl sites for hydroxylation is 1. The van der Waals surface area contributed by atoms with Crippen molar-refractivity contribution in [1.29, 1.82) is 0 Å². The SMILES string of the molecule is CCN(CC)c1cc(C)nc(Nc2ccc(NC(=O)c3ccc4c(c3)OCO4)cc2)n1. The summed E-state index contributed by atoms with van der Waals surface area (Å²) in [5.74, 6) is 2.44. The number of nitrogens with one attached hydrogen (secondary N) is 2. The number of ether oxygens (including phenoxy) is 2. The van der Waals surface area contributed by atoms with E-state index in [-0.39, 0.29) is 12.7 Å². The third-order valence-electron chi connectivity index (χ3n) is 4.96. The third kappa shape index (κ3) is 4.69. The Morgan fingerprint density at radius 2 is 1.68 bits per heavy atom. The summed E-state index contributed by atoms with van der Waals surface area (Å²) in [5, 5.41) is 6.12. The van der Waals surface area contributed by atoms with Crippen LogP contribution in [0.15, 0.2) is 48.5 Å². The second-order valence-electron chi connectivity index (χ2n) is 7.09. The fourth-order valence-electron chi connectivity index (χ4n) is 3.32. The Labute approximate surface area is 181 Å². The predicted octanol–water partition coefficient (Wildman–Crippen LogP) is 4.36. The molecule has 31 heavy (non-hydrogen) atoms. The normalized spacial score (nSPS) is 11.8. The van der Waals surface area contributed by atoms with E-state index in [9.17, 15) is 4.79 Å². The van der Waals surface area contributed by atoms with Crippen LogP contribution >= 0.6 is 0 Å². The van der Waals surface area contributed by atoms with Gasteiger partial charge in [0, 0.05) is 41.8 Å². The first-order chi connectivity index (χ1) is 15.1. The fourth-order valence-corrected chi connectivity index (χ4v) is 3.32. The second-order valence-corrected chi connectivity index (χ2v) is 7.09. The van der Waals surface area contributed by atoms with Gasteiger partial charge in [0.1, 0.15) is 5.82 Å². The van der Waals surface area contributed by atoms with Crippen LogP contribution in [0.5, 0.6) is 11.5 Å². The topological polar surface area (TPSA) is 88.6 Å². The molecule has 3 aromatic rings. The van der Waals surface area contributed by atoms with E-state index in [4.69, 9.17) is 9.47 Å². The summed E-state index contributed by atoms with van der Waals surface area (Å²) in [7, 11) is 0. The molecule has 0 radical (unpaired) electrons. The number of nitrogens with zero attached hydrogens (tertiary/aromatic N) is 3. The van der Waals surface area contributed by atoms with Gasteiger partial charge < -0.3 is 25.0 Å². The summed E-state index contributed by atoms with van der Waals surface area (Å²) in [6, 6.07) is 14.5. The molecule has 0 saturated heterocycles. The lowest BCUT2D eigenvalue weighted by atomic mass is 10.2. The number of fused-ring (bicyclic) bond motifs is 1. The Hall–Kier alpha value is -3.81. The van der Waals surface area contributed by atoms with Crippen LogP contribution in [-0.4, -0.2) is 35.8 Å². The van der Waals surface area contributed by atoms with Crippen LogP contribution in [0, 0.1) is 6.92 Å². The Morgan fingerprint density at radius 1 is 0.968 bits per heavy atom. The molecule has 1 amide bonds. The average molecular weight is 419 g/mol. The lowest BCUT2D eigenvalue weighted by molar-refractivity contribution is 0.102. The molecule has 2 aromatic carbocycles. The van der Waals surface area contributed by atoms with Crippen LogP contribution in [0.25, 0.3) is 0 Å². The number of hydrogen-bond donors (Lipinski definition) is 2. The molecular formula is C23H25N5O3. The highest BCUT2D eigenvalue weighted by molar-refractivity contribution is 6.04. The lowest BCUT2D eigenvalue weighted by Gasteiger charge is -2.20. The maximum Gasteiger partial charge on any atom is 0.255 e. The zero-order valence-corrected chi connectivity index (χ0v) is 17.8. The van der Waals surface area contributed by atoms with E-state index in [1.54, 1.807) is 18.2 Å². The minimum atomic E-state index is -0.218. The second kappa shape index (κ2) is 8.91. The molecule has 0 saturated carbocycles. The predicted molar refractivity (Wildman–Crippen MR) is 121 cm³/mol. The molecule has 4 rings (SSSR count). The molecule has 0 unspecified atom stereocenters. The summed E-state index contributed by atoms with van der Waals surface area (Å²) >= 11 is 0. The van der Waals surface area contributed by atoms with Crippen molar-refractivity contribution in [3.05, 3.63) is 59.8 Å². The van der Waals surface area contributed by atoms with Crippen LogP contribution in [0.3, 0.4) is 0 Å². The van der Waals surface area contributed by atoms with Gasteiger partial charge in [-0.3, -0.25) is 4.79 Å². The molecule has 8 nitrogen and oxygen atoms in total. The summed E-state index contributed by atoms with van der Waals surface area (Å²) in [5.41, 5.74) is 2.91. The molecule has 2 heterocycles. The van der Waals surface area contributed by atoms with Gasteiger partial charge in [0.2, 0.25) is 12.7 Å². The van der Waals surface area contributed by atoms with Gasteiger partial charge in [-0.05, 0) is 63.2 Å². The van der Waals surface area contributed by atoms with E-state index < -0.39 is 0 Å². The van der Waals surface area contributed by atoms with Gasteiger partial charge in [-0.2, -0.15) is 4.98 Å². The van der Waals surface area contributed by atoms with Crippen LogP contribution in [0.4, 0.5) is 23.1 Å². The quantitative estimate of drug-likeness (QED) is 0.588. The van der Waals surface area contributed by atoms with Gasteiger partial charge in [-0.1, -0.05) is 0 Å². The molecule has 0 fully saturated rings. The molecule has 1 aliphatic rings. The van der Waals surface area contributed by atoms with Crippen molar-refractivity contribution in [3.8, 4) is 11.5 Å². The molecular weight excluding hydrogens is 394 g/mol. The standard InChI is InChI=1S/C23H25N5O3/c1-4-28(5-2)21-12-15(3)24-23(27-21)26-18-9-7-17(8-10-18)25-22(29)16-6-11-19-20(13-16)31-14-30-19/h6-13H,4-5,14H2,1-3H3,(H,25,29)(H,24,26,27).